The molecular formula is C25H36N2O4S. The fourth-order valence-corrected chi connectivity index (χ4v) is 4.78. The van der Waals surface area contributed by atoms with Crippen LogP contribution in [0.5, 0.6) is 0 Å². The maximum Gasteiger partial charge on any atom is 0.348 e. The number of carboxylic acids is 1. The molecule has 0 radical (unpaired) electrons. The Balaban J connectivity index is 2.61. The number of thiophene rings is 1. The van der Waals surface area contributed by atoms with Gasteiger partial charge in [0.1, 0.15) is 10.9 Å². The molecule has 2 amide bonds. The molecule has 1 aliphatic rings. The van der Waals surface area contributed by atoms with Gasteiger partial charge in [-0.25, -0.2) is 4.79 Å². The Morgan fingerprint density at radius 1 is 1.19 bits per heavy atom. The van der Waals surface area contributed by atoms with Crippen molar-refractivity contribution in [2.75, 3.05) is 19.0 Å². The Labute approximate surface area is 196 Å². The lowest BCUT2D eigenvalue weighted by atomic mass is 9.82. The van der Waals surface area contributed by atoms with Crippen LogP contribution in [0, 0.1) is 29.1 Å². The fraction of sp³-hybridized carbons (Fsp3) is 0.640. The smallest absolute Gasteiger partial charge is 0.348 e. The molecule has 1 aromatic rings. The van der Waals surface area contributed by atoms with Crippen molar-refractivity contribution in [3.63, 3.8) is 0 Å². The number of carbonyl (C=O) groups excluding carboxylic acids is 2. The molecule has 1 fully saturated rings. The van der Waals surface area contributed by atoms with E-state index in [0.717, 1.165) is 37.0 Å². The SMILES string of the molecule is CC[C@@H](C(=O)N(C)C)N(C(=O)C1CCC(C)CC1)c1cc(C#CC(C)(C)C)sc1C(=O)O. The maximum atomic E-state index is 13.8. The van der Waals surface area contributed by atoms with Crippen molar-refractivity contribution < 1.29 is 19.5 Å². The summed E-state index contributed by atoms with van der Waals surface area (Å²) in [6.45, 7) is 9.98. The number of carboxylic acid groups (broad SMARTS) is 1. The van der Waals surface area contributed by atoms with Gasteiger partial charge >= 0.3 is 5.97 Å². The minimum absolute atomic E-state index is 0.0470. The predicted octanol–water partition coefficient (Wildman–Crippen LogP) is 4.87. The van der Waals surface area contributed by atoms with Crippen molar-refractivity contribution in [2.24, 2.45) is 17.3 Å². The van der Waals surface area contributed by atoms with Crippen molar-refractivity contribution in [3.8, 4) is 11.8 Å². The average Bonchev–Trinajstić information content (AvgIpc) is 3.13. The fourth-order valence-electron chi connectivity index (χ4n) is 3.93. The molecule has 0 saturated heterocycles. The van der Waals surface area contributed by atoms with E-state index in [-0.39, 0.29) is 33.7 Å². The van der Waals surface area contributed by atoms with Crippen molar-refractivity contribution in [1.29, 1.82) is 0 Å². The number of anilines is 1. The highest BCUT2D eigenvalue weighted by Crippen LogP contribution is 2.37. The van der Waals surface area contributed by atoms with Crippen molar-refractivity contribution in [3.05, 3.63) is 15.8 Å². The van der Waals surface area contributed by atoms with Crippen LogP contribution in [0.1, 0.15) is 81.3 Å². The Kier molecular flexibility index (Phi) is 8.53. The van der Waals surface area contributed by atoms with Gasteiger partial charge in [0, 0.05) is 25.4 Å². The summed E-state index contributed by atoms with van der Waals surface area (Å²) >= 11 is 1.06. The second-order valence-corrected chi connectivity index (χ2v) is 11.0. The van der Waals surface area contributed by atoms with Gasteiger partial charge in [0.25, 0.3) is 0 Å². The summed E-state index contributed by atoms with van der Waals surface area (Å²) in [5.74, 6) is 5.07. The number of amides is 2. The number of rotatable bonds is 6. The first-order valence-corrected chi connectivity index (χ1v) is 12.1. The normalized spacial score (nSPS) is 19.5. The van der Waals surface area contributed by atoms with Gasteiger partial charge in [0.05, 0.1) is 10.6 Å². The summed E-state index contributed by atoms with van der Waals surface area (Å²) < 4.78 is 0. The standard InChI is InChI=1S/C25H36N2O4S/c1-8-19(23(29)26(6)7)27(22(28)17-11-9-16(2)10-12-17)20-15-18(13-14-25(3,4)5)32-21(20)24(30)31/h15-17,19H,8-12H2,1-7H3,(H,30,31)/t16?,17?,19-/m0/s1. The van der Waals surface area contributed by atoms with E-state index in [0.29, 0.717) is 17.2 Å². The zero-order chi connectivity index (χ0) is 24.2. The predicted molar refractivity (Wildman–Crippen MR) is 129 cm³/mol. The van der Waals surface area contributed by atoms with E-state index >= 15 is 0 Å². The summed E-state index contributed by atoms with van der Waals surface area (Å²) in [5, 5.41) is 9.91. The third-order valence-corrected chi connectivity index (χ3v) is 6.78. The minimum atomic E-state index is -1.11. The lowest BCUT2D eigenvalue weighted by Crippen LogP contribution is -2.51. The largest absolute Gasteiger partial charge is 0.477 e. The lowest BCUT2D eigenvalue weighted by molar-refractivity contribution is -0.133. The zero-order valence-corrected chi connectivity index (χ0v) is 21.1. The van der Waals surface area contributed by atoms with Gasteiger partial charge in [-0.05, 0) is 64.9 Å². The highest BCUT2D eigenvalue weighted by molar-refractivity contribution is 7.15. The van der Waals surface area contributed by atoms with E-state index in [9.17, 15) is 19.5 Å². The van der Waals surface area contributed by atoms with Gasteiger partial charge < -0.3 is 10.0 Å². The Morgan fingerprint density at radius 3 is 2.25 bits per heavy atom. The van der Waals surface area contributed by atoms with E-state index in [1.54, 1.807) is 20.2 Å². The quantitative estimate of drug-likeness (QED) is 0.615. The van der Waals surface area contributed by atoms with Crippen LogP contribution in [0.25, 0.3) is 0 Å². The van der Waals surface area contributed by atoms with E-state index in [4.69, 9.17) is 0 Å². The molecule has 1 atom stereocenters. The van der Waals surface area contributed by atoms with Crippen LogP contribution in [-0.4, -0.2) is 47.9 Å². The van der Waals surface area contributed by atoms with E-state index in [1.807, 2.05) is 27.7 Å². The van der Waals surface area contributed by atoms with Gasteiger partial charge in [-0.1, -0.05) is 25.7 Å². The topological polar surface area (TPSA) is 77.9 Å². The van der Waals surface area contributed by atoms with Gasteiger partial charge in [0.2, 0.25) is 11.8 Å². The summed E-state index contributed by atoms with van der Waals surface area (Å²) in [6.07, 6.45) is 3.82. The summed E-state index contributed by atoms with van der Waals surface area (Å²) in [4.78, 5) is 42.5. The second kappa shape index (κ2) is 10.5. The number of hydrogen-bond donors (Lipinski definition) is 1. The first kappa shape index (κ1) is 25.9. The van der Waals surface area contributed by atoms with Crippen LogP contribution < -0.4 is 4.90 Å². The van der Waals surface area contributed by atoms with Crippen LogP contribution in [0.3, 0.4) is 0 Å². The van der Waals surface area contributed by atoms with Crippen LogP contribution in [-0.2, 0) is 9.59 Å². The Morgan fingerprint density at radius 2 is 1.78 bits per heavy atom. The summed E-state index contributed by atoms with van der Waals surface area (Å²) in [5.41, 5.74) is 0.0423. The third kappa shape index (κ3) is 6.35. The first-order chi connectivity index (χ1) is 14.9. The minimum Gasteiger partial charge on any atom is -0.477 e. The molecule has 0 aromatic carbocycles. The van der Waals surface area contributed by atoms with Crippen molar-refractivity contribution in [2.45, 2.75) is 72.8 Å². The van der Waals surface area contributed by atoms with Gasteiger partial charge in [0.15, 0.2) is 0 Å². The van der Waals surface area contributed by atoms with Crippen LogP contribution in [0.4, 0.5) is 5.69 Å². The number of aromatic carboxylic acids is 1. The van der Waals surface area contributed by atoms with Crippen LogP contribution in [0.15, 0.2) is 6.07 Å². The molecule has 0 unspecified atom stereocenters. The molecule has 2 rings (SSSR count). The van der Waals surface area contributed by atoms with Crippen LogP contribution in [0.2, 0.25) is 0 Å². The molecule has 1 aliphatic carbocycles. The molecule has 6 nitrogen and oxygen atoms in total. The monoisotopic (exact) mass is 460 g/mol. The van der Waals surface area contributed by atoms with E-state index < -0.39 is 12.0 Å². The lowest BCUT2D eigenvalue weighted by Gasteiger charge is -2.36. The van der Waals surface area contributed by atoms with Crippen molar-refractivity contribution in [1.82, 2.24) is 4.90 Å². The van der Waals surface area contributed by atoms with Crippen LogP contribution >= 0.6 is 11.3 Å². The maximum absolute atomic E-state index is 13.8. The molecule has 0 aliphatic heterocycles. The Hall–Kier alpha value is -2.33. The number of hydrogen-bond acceptors (Lipinski definition) is 4. The van der Waals surface area contributed by atoms with Crippen molar-refractivity contribution >= 4 is 34.8 Å². The molecule has 1 heterocycles. The number of nitrogens with zero attached hydrogens (tertiary/aromatic N) is 2. The molecule has 0 spiro atoms. The summed E-state index contributed by atoms with van der Waals surface area (Å²) in [6, 6.07) is 0.912. The molecule has 0 bridgehead atoms. The molecule has 176 valence electrons. The van der Waals surface area contributed by atoms with Gasteiger partial charge in [-0.3, -0.25) is 14.5 Å². The molecule has 32 heavy (non-hydrogen) atoms. The average molecular weight is 461 g/mol. The molecule has 7 heteroatoms. The highest BCUT2D eigenvalue weighted by atomic mass is 32.1. The van der Waals surface area contributed by atoms with E-state index in [2.05, 4.69) is 18.8 Å². The second-order valence-electron chi connectivity index (χ2n) is 9.95. The molecular weight excluding hydrogens is 424 g/mol. The van der Waals surface area contributed by atoms with E-state index in [1.165, 1.54) is 9.80 Å². The summed E-state index contributed by atoms with van der Waals surface area (Å²) in [7, 11) is 3.31. The zero-order valence-electron chi connectivity index (χ0n) is 20.3. The number of likely N-dealkylation sites (N-methyl/N-ethyl adjacent to an activating group) is 1. The molecule has 1 aromatic heterocycles. The van der Waals surface area contributed by atoms with Gasteiger partial charge in [-0.15, -0.1) is 11.3 Å². The highest BCUT2D eigenvalue weighted by Gasteiger charge is 2.38. The third-order valence-electron chi connectivity index (χ3n) is 5.75. The molecule has 1 N–H and O–H groups in total. The number of carbonyl (C=O) groups is 3. The first-order valence-electron chi connectivity index (χ1n) is 11.3. The molecule has 1 saturated carbocycles. The Bertz CT molecular complexity index is 909. The van der Waals surface area contributed by atoms with Gasteiger partial charge in [-0.2, -0.15) is 0 Å².